The van der Waals surface area contributed by atoms with Crippen LogP contribution in [0.4, 0.5) is 0 Å². The van der Waals surface area contributed by atoms with Gasteiger partial charge >= 0.3 is 5.97 Å². The lowest BCUT2D eigenvalue weighted by Gasteiger charge is -2.20. The molecule has 1 fully saturated rings. The van der Waals surface area contributed by atoms with Gasteiger partial charge in [-0.2, -0.15) is 0 Å². The topological polar surface area (TPSA) is 87.5 Å². The van der Waals surface area contributed by atoms with Crippen LogP contribution < -0.4 is 0 Å². The van der Waals surface area contributed by atoms with E-state index >= 15 is 0 Å². The standard InChI is InChI=1S/C21H29NO4S2/c1-3-4-5-11-21(2,26)12-6-7-15-8-9-18(23)16(15)10-13-27-20-22-17(14-28-20)19(24)25/h4-7,14-16,26H,3,8-13H2,1-2H3,(H,24,25)/t15-,16+,21?/m0/s1. The first kappa shape index (κ1) is 22.8. The number of thioether (sulfide) groups is 1. The van der Waals surface area contributed by atoms with Gasteiger partial charge in [0.05, 0.1) is 5.60 Å². The second kappa shape index (κ2) is 10.9. The van der Waals surface area contributed by atoms with E-state index in [0.29, 0.717) is 25.0 Å². The summed E-state index contributed by atoms with van der Waals surface area (Å²) in [6.07, 6.45) is 12.6. The summed E-state index contributed by atoms with van der Waals surface area (Å²) in [6, 6.07) is 0. The number of carbonyl (C=O) groups is 2. The Hall–Kier alpha value is -1.44. The molecule has 1 aromatic heterocycles. The van der Waals surface area contributed by atoms with E-state index in [1.165, 1.54) is 23.1 Å². The first-order valence-corrected chi connectivity index (χ1v) is 11.6. The normalized spacial score (nSPS) is 22.3. The fraction of sp³-hybridized carbons (Fsp3) is 0.571. The summed E-state index contributed by atoms with van der Waals surface area (Å²) in [5, 5.41) is 20.9. The Morgan fingerprint density at radius 1 is 1.39 bits per heavy atom. The zero-order chi connectivity index (χ0) is 20.6. The molecule has 0 bridgehead atoms. The van der Waals surface area contributed by atoms with Gasteiger partial charge < -0.3 is 10.2 Å². The Kier molecular flexibility index (Phi) is 8.92. The summed E-state index contributed by atoms with van der Waals surface area (Å²) < 4.78 is 0.728. The lowest BCUT2D eigenvalue weighted by molar-refractivity contribution is -0.121. The van der Waals surface area contributed by atoms with Gasteiger partial charge in [-0.15, -0.1) is 11.3 Å². The zero-order valence-corrected chi connectivity index (χ0v) is 18.1. The lowest BCUT2D eigenvalue weighted by Crippen LogP contribution is -2.22. The van der Waals surface area contributed by atoms with Crippen LogP contribution in [-0.2, 0) is 4.79 Å². The summed E-state index contributed by atoms with van der Waals surface area (Å²) in [5.74, 6) is 0.263. The van der Waals surface area contributed by atoms with Gasteiger partial charge in [-0.05, 0) is 44.9 Å². The molecule has 1 unspecified atom stereocenters. The number of rotatable bonds is 11. The highest BCUT2D eigenvalue weighted by Gasteiger charge is 2.32. The molecule has 0 saturated heterocycles. The highest BCUT2D eigenvalue weighted by atomic mass is 32.2. The van der Waals surface area contributed by atoms with Crippen LogP contribution in [0.2, 0.25) is 0 Å². The van der Waals surface area contributed by atoms with Crippen molar-refractivity contribution in [3.8, 4) is 0 Å². The van der Waals surface area contributed by atoms with Crippen LogP contribution in [0.3, 0.4) is 0 Å². The summed E-state index contributed by atoms with van der Waals surface area (Å²) in [7, 11) is 0. The second-order valence-corrected chi connectivity index (χ2v) is 9.63. The quantitative estimate of drug-likeness (QED) is 0.386. The Morgan fingerprint density at radius 3 is 2.82 bits per heavy atom. The van der Waals surface area contributed by atoms with Crippen molar-refractivity contribution in [3.05, 3.63) is 35.4 Å². The second-order valence-electron chi connectivity index (χ2n) is 7.43. The first-order chi connectivity index (χ1) is 13.3. The molecule has 0 amide bonds. The predicted octanol–water partition coefficient (Wildman–Crippen LogP) is 4.97. The van der Waals surface area contributed by atoms with E-state index in [9.17, 15) is 14.7 Å². The third-order valence-corrected chi connectivity index (χ3v) is 6.97. The molecule has 1 heterocycles. The highest BCUT2D eigenvalue weighted by molar-refractivity contribution is 8.01. The van der Waals surface area contributed by atoms with Crippen molar-refractivity contribution >= 4 is 34.9 Å². The van der Waals surface area contributed by atoms with Gasteiger partial charge in [0, 0.05) is 23.5 Å². The fourth-order valence-electron chi connectivity index (χ4n) is 3.32. The Morgan fingerprint density at radius 2 is 2.14 bits per heavy atom. The van der Waals surface area contributed by atoms with E-state index in [2.05, 4.69) is 24.1 Å². The van der Waals surface area contributed by atoms with E-state index in [-0.39, 0.29) is 17.5 Å². The van der Waals surface area contributed by atoms with Crippen molar-refractivity contribution in [1.82, 2.24) is 4.98 Å². The van der Waals surface area contributed by atoms with E-state index in [1.807, 2.05) is 19.1 Å². The predicted molar refractivity (Wildman–Crippen MR) is 114 cm³/mol. The number of hydrogen-bond donors (Lipinski definition) is 2. The molecule has 0 aliphatic heterocycles. The first-order valence-electron chi connectivity index (χ1n) is 9.70. The highest BCUT2D eigenvalue weighted by Crippen LogP contribution is 2.35. The van der Waals surface area contributed by atoms with Crippen LogP contribution in [0.25, 0.3) is 0 Å². The SMILES string of the molecule is CCC=CCC(C)(O)CC=C[C@H]1CCC(=O)[C@@H]1CCSc1nc(C(=O)O)cs1. The number of Topliss-reactive ketones (excluding diaryl/α,β-unsaturated/α-hetero) is 1. The number of allylic oxidation sites excluding steroid dienone is 2. The Bertz CT molecular complexity index is 724. The summed E-state index contributed by atoms with van der Waals surface area (Å²) in [4.78, 5) is 27.2. The number of carboxylic acids is 1. The molecular weight excluding hydrogens is 394 g/mol. The molecule has 3 atom stereocenters. The van der Waals surface area contributed by atoms with Crippen molar-refractivity contribution in [1.29, 1.82) is 0 Å². The number of nitrogens with zero attached hydrogens (tertiary/aromatic N) is 1. The minimum absolute atomic E-state index is 0.00703. The monoisotopic (exact) mass is 423 g/mol. The van der Waals surface area contributed by atoms with Crippen LogP contribution in [-0.4, -0.2) is 38.3 Å². The van der Waals surface area contributed by atoms with Crippen molar-refractivity contribution in [3.63, 3.8) is 0 Å². The van der Waals surface area contributed by atoms with Gasteiger partial charge in [-0.3, -0.25) is 4.79 Å². The average molecular weight is 424 g/mol. The number of aliphatic hydroxyl groups is 1. The molecule has 0 radical (unpaired) electrons. The molecular formula is C21H29NO4S2. The van der Waals surface area contributed by atoms with Crippen LogP contribution in [0, 0.1) is 11.8 Å². The van der Waals surface area contributed by atoms with Crippen molar-refractivity contribution in [2.45, 2.75) is 62.3 Å². The van der Waals surface area contributed by atoms with Crippen LogP contribution in [0.5, 0.6) is 0 Å². The van der Waals surface area contributed by atoms with Crippen LogP contribution in [0.15, 0.2) is 34.0 Å². The number of thiazole rings is 1. The number of hydrogen-bond acceptors (Lipinski definition) is 6. The lowest BCUT2D eigenvalue weighted by atomic mass is 9.91. The largest absolute Gasteiger partial charge is 0.476 e. The molecule has 2 N–H and O–H groups in total. The van der Waals surface area contributed by atoms with E-state index in [4.69, 9.17) is 5.11 Å². The molecule has 0 spiro atoms. The van der Waals surface area contributed by atoms with Gasteiger partial charge in [0.25, 0.3) is 0 Å². The minimum atomic E-state index is -1.01. The van der Waals surface area contributed by atoms with E-state index in [1.54, 1.807) is 5.38 Å². The maximum atomic E-state index is 12.3. The molecule has 1 saturated carbocycles. The molecule has 28 heavy (non-hydrogen) atoms. The number of ketones is 1. The third kappa shape index (κ3) is 7.18. The maximum Gasteiger partial charge on any atom is 0.355 e. The van der Waals surface area contributed by atoms with Gasteiger partial charge in [0.2, 0.25) is 0 Å². The Labute approximate surface area is 175 Å². The summed E-state index contributed by atoms with van der Waals surface area (Å²) in [5.41, 5.74) is -0.686. The number of aromatic carboxylic acids is 1. The van der Waals surface area contributed by atoms with Crippen LogP contribution in [0.1, 0.15) is 62.9 Å². The average Bonchev–Trinajstić information content (AvgIpc) is 3.23. The molecule has 7 heteroatoms. The van der Waals surface area contributed by atoms with Gasteiger partial charge in [-0.1, -0.05) is 43.0 Å². The molecule has 1 aliphatic rings. The van der Waals surface area contributed by atoms with Crippen molar-refractivity contribution in [2.75, 3.05) is 5.75 Å². The molecule has 154 valence electrons. The van der Waals surface area contributed by atoms with Crippen molar-refractivity contribution < 1.29 is 19.8 Å². The number of carbonyl (C=O) groups excluding carboxylic acids is 1. The maximum absolute atomic E-state index is 12.3. The van der Waals surface area contributed by atoms with E-state index in [0.717, 1.165) is 29.4 Å². The zero-order valence-electron chi connectivity index (χ0n) is 16.5. The molecule has 2 rings (SSSR count). The van der Waals surface area contributed by atoms with Gasteiger partial charge in [0.1, 0.15) is 5.78 Å². The van der Waals surface area contributed by atoms with Gasteiger partial charge in [-0.25, -0.2) is 9.78 Å². The minimum Gasteiger partial charge on any atom is -0.476 e. The third-order valence-electron chi connectivity index (χ3n) is 4.91. The van der Waals surface area contributed by atoms with Crippen molar-refractivity contribution in [2.24, 2.45) is 11.8 Å². The smallest absolute Gasteiger partial charge is 0.355 e. The van der Waals surface area contributed by atoms with Crippen LogP contribution >= 0.6 is 23.1 Å². The molecule has 1 aromatic rings. The number of aromatic nitrogens is 1. The fourth-order valence-corrected chi connectivity index (χ4v) is 5.21. The van der Waals surface area contributed by atoms with Gasteiger partial charge in [0.15, 0.2) is 10.0 Å². The molecule has 5 nitrogen and oxygen atoms in total. The molecule has 0 aromatic carbocycles. The Balaban J connectivity index is 1.82. The molecule has 1 aliphatic carbocycles. The summed E-state index contributed by atoms with van der Waals surface area (Å²) >= 11 is 2.83. The number of carboxylic acid groups (broad SMARTS) is 1. The van der Waals surface area contributed by atoms with E-state index < -0.39 is 11.6 Å². The summed E-state index contributed by atoms with van der Waals surface area (Å²) in [6.45, 7) is 3.91.